The molecule has 5 heterocycles. The summed E-state index contributed by atoms with van der Waals surface area (Å²) in [4.78, 5) is 10.3. The second-order valence-electron chi connectivity index (χ2n) is 14.5. The number of aromatic nitrogens is 4. The first-order valence-corrected chi connectivity index (χ1v) is 18.7. The summed E-state index contributed by atoms with van der Waals surface area (Å²) in [6, 6.07) is 60.5. The van der Waals surface area contributed by atoms with Crippen molar-refractivity contribution in [3.05, 3.63) is 170 Å². The zero-order valence-electron chi connectivity index (χ0n) is 29.4. The molecule has 254 valence electrons. The second-order valence-corrected chi connectivity index (χ2v) is 14.5. The average molecular weight is 701 g/mol. The van der Waals surface area contributed by atoms with E-state index in [0.29, 0.717) is 11.4 Å². The molecule has 0 radical (unpaired) electrons. The first kappa shape index (κ1) is 29.0. The van der Waals surface area contributed by atoms with Crippen LogP contribution in [-0.4, -0.2) is 18.9 Å². The third-order valence-corrected chi connectivity index (χ3v) is 11.6. The predicted octanol–water partition coefficient (Wildman–Crippen LogP) is 13.1. The molecular formula is C50H28N4O. The Labute approximate surface area is 313 Å². The van der Waals surface area contributed by atoms with Gasteiger partial charge in [0.25, 0.3) is 0 Å². The topological polar surface area (TPSA) is 48.3 Å². The molecule has 0 aliphatic heterocycles. The van der Waals surface area contributed by atoms with Gasteiger partial charge in [-0.15, -0.1) is 0 Å². The quantitative estimate of drug-likeness (QED) is 0.184. The Hall–Kier alpha value is -7.50. The Morgan fingerprint density at radius 1 is 0.436 bits per heavy atom. The van der Waals surface area contributed by atoms with Crippen LogP contribution in [0.25, 0.3) is 121 Å². The van der Waals surface area contributed by atoms with E-state index in [1.807, 2.05) is 36.4 Å². The minimum atomic E-state index is 0.665. The van der Waals surface area contributed by atoms with Crippen molar-refractivity contribution >= 4 is 92.7 Å². The minimum absolute atomic E-state index is 0.665. The summed E-state index contributed by atoms with van der Waals surface area (Å²) < 4.78 is 11.3. The van der Waals surface area contributed by atoms with Crippen LogP contribution in [0.1, 0.15) is 0 Å². The molecule has 13 aromatic rings. The molecule has 0 atom stereocenters. The molecule has 13 rings (SSSR count). The number of fused-ring (bicyclic) bond motifs is 15. The van der Waals surface area contributed by atoms with Crippen LogP contribution in [0.15, 0.2) is 174 Å². The highest BCUT2D eigenvalue weighted by molar-refractivity contribution is 6.37. The van der Waals surface area contributed by atoms with Crippen molar-refractivity contribution in [3.8, 4) is 28.3 Å². The highest BCUT2D eigenvalue weighted by Crippen LogP contribution is 2.48. The lowest BCUT2D eigenvalue weighted by Gasteiger charge is -2.10. The molecule has 0 unspecified atom stereocenters. The van der Waals surface area contributed by atoms with E-state index in [0.717, 1.165) is 39.0 Å². The van der Waals surface area contributed by atoms with Crippen molar-refractivity contribution < 1.29 is 4.42 Å². The smallest absolute Gasteiger partial charge is 0.180 e. The largest absolute Gasteiger partial charge is 0.452 e. The van der Waals surface area contributed by atoms with Crippen LogP contribution in [0, 0.1) is 0 Å². The number of benzene rings is 8. The molecule has 8 aromatic carbocycles. The molecule has 5 aromatic heterocycles. The van der Waals surface area contributed by atoms with Crippen LogP contribution in [0.3, 0.4) is 0 Å². The summed E-state index contributed by atoms with van der Waals surface area (Å²) in [5.41, 5.74) is 12.3. The Morgan fingerprint density at radius 3 is 2.00 bits per heavy atom. The molecule has 0 amide bonds. The molecule has 5 heteroatoms. The molecule has 5 nitrogen and oxygen atoms in total. The average Bonchev–Trinajstić information content (AvgIpc) is 3.99. The van der Waals surface area contributed by atoms with Gasteiger partial charge in [-0.1, -0.05) is 115 Å². The summed E-state index contributed by atoms with van der Waals surface area (Å²) in [5, 5.41) is 11.1. The van der Waals surface area contributed by atoms with Gasteiger partial charge in [-0.05, 0) is 60.0 Å². The van der Waals surface area contributed by atoms with Crippen molar-refractivity contribution in [1.29, 1.82) is 0 Å². The SMILES string of the molecule is c1ccc(-c2nc(-c3ccc(-n4c5ccccc5c5c6c7ccc8ccccc8c7n7c8ccccc8c(cc54)c67)cc3)nc3c2oc2ccccc23)cc1. The van der Waals surface area contributed by atoms with E-state index in [1.54, 1.807) is 0 Å². The number of furan rings is 1. The molecule has 0 fully saturated rings. The molecule has 0 saturated carbocycles. The van der Waals surface area contributed by atoms with Crippen molar-refractivity contribution in [3.63, 3.8) is 0 Å². The highest BCUT2D eigenvalue weighted by atomic mass is 16.3. The van der Waals surface area contributed by atoms with Gasteiger partial charge in [-0.25, -0.2) is 9.97 Å². The molecule has 0 aliphatic rings. The van der Waals surface area contributed by atoms with Crippen molar-refractivity contribution in [2.24, 2.45) is 0 Å². The van der Waals surface area contributed by atoms with E-state index in [9.17, 15) is 0 Å². The van der Waals surface area contributed by atoms with Gasteiger partial charge < -0.3 is 13.4 Å². The van der Waals surface area contributed by atoms with E-state index in [-0.39, 0.29) is 0 Å². The fourth-order valence-corrected chi connectivity index (χ4v) is 9.31. The number of nitrogens with zero attached hydrogens (tertiary/aromatic N) is 4. The lowest BCUT2D eigenvalue weighted by Crippen LogP contribution is -1.96. The lowest BCUT2D eigenvalue weighted by atomic mass is 10.00. The predicted molar refractivity (Wildman–Crippen MR) is 227 cm³/mol. The number of hydrogen-bond donors (Lipinski definition) is 0. The van der Waals surface area contributed by atoms with Crippen LogP contribution < -0.4 is 0 Å². The standard InChI is InChI=1S/C50H28N4O/c1-2-13-30(14-3-1)45-49-46(36-18-8-11-21-42(36)55-49)52-50(51-45)31-22-25-32(26-23-31)53-40-20-10-7-17-35(40)43-41(53)28-38-34-16-6-9-19-39(34)54-47-33-15-5-4-12-29(33)24-27-37(47)44(43)48(38)54/h1-28H. The lowest BCUT2D eigenvalue weighted by molar-refractivity contribution is 0.667. The molecule has 0 aliphatic carbocycles. The molecule has 0 bridgehead atoms. The Balaban J connectivity index is 1.08. The van der Waals surface area contributed by atoms with Gasteiger partial charge in [0.1, 0.15) is 16.8 Å². The minimum Gasteiger partial charge on any atom is -0.452 e. The van der Waals surface area contributed by atoms with Crippen LogP contribution in [0.4, 0.5) is 0 Å². The van der Waals surface area contributed by atoms with Gasteiger partial charge in [-0.2, -0.15) is 0 Å². The van der Waals surface area contributed by atoms with Crippen molar-refractivity contribution in [1.82, 2.24) is 18.9 Å². The normalized spacial score (nSPS) is 12.4. The van der Waals surface area contributed by atoms with E-state index >= 15 is 0 Å². The van der Waals surface area contributed by atoms with E-state index in [4.69, 9.17) is 14.4 Å². The summed E-state index contributed by atoms with van der Waals surface area (Å²) >= 11 is 0. The van der Waals surface area contributed by atoms with Crippen molar-refractivity contribution in [2.45, 2.75) is 0 Å². The van der Waals surface area contributed by atoms with Gasteiger partial charge >= 0.3 is 0 Å². The zero-order chi connectivity index (χ0) is 35.8. The summed E-state index contributed by atoms with van der Waals surface area (Å²) in [6.45, 7) is 0. The van der Waals surface area contributed by atoms with Crippen molar-refractivity contribution in [2.75, 3.05) is 0 Å². The van der Waals surface area contributed by atoms with E-state index in [1.165, 1.54) is 70.7 Å². The molecule has 0 saturated heterocycles. The third-order valence-electron chi connectivity index (χ3n) is 11.6. The second kappa shape index (κ2) is 10.6. The van der Waals surface area contributed by atoms with Crippen LogP contribution >= 0.6 is 0 Å². The van der Waals surface area contributed by atoms with Gasteiger partial charge in [0.05, 0.1) is 27.6 Å². The number of rotatable bonds is 3. The molecular weight excluding hydrogens is 673 g/mol. The Kier molecular flexibility index (Phi) is 5.57. The van der Waals surface area contributed by atoms with Gasteiger partial charge in [0, 0.05) is 59.9 Å². The van der Waals surface area contributed by atoms with Crippen LogP contribution in [0.5, 0.6) is 0 Å². The molecule has 0 N–H and O–H groups in total. The highest BCUT2D eigenvalue weighted by Gasteiger charge is 2.25. The third kappa shape index (κ3) is 3.81. The maximum atomic E-state index is 6.37. The summed E-state index contributed by atoms with van der Waals surface area (Å²) in [6.07, 6.45) is 0. The monoisotopic (exact) mass is 700 g/mol. The van der Waals surface area contributed by atoms with Gasteiger partial charge in [0.15, 0.2) is 11.4 Å². The number of para-hydroxylation sites is 3. The number of hydrogen-bond acceptors (Lipinski definition) is 3. The molecule has 0 spiro atoms. The maximum absolute atomic E-state index is 6.37. The summed E-state index contributed by atoms with van der Waals surface area (Å²) in [7, 11) is 0. The molecule has 55 heavy (non-hydrogen) atoms. The first-order valence-electron chi connectivity index (χ1n) is 18.7. The van der Waals surface area contributed by atoms with Crippen LogP contribution in [-0.2, 0) is 0 Å². The van der Waals surface area contributed by atoms with Gasteiger partial charge in [0.2, 0.25) is 0 Å². The fraction of sp³-hybridized carbons (Fsp3) is 0. The first-order chi connectivity index (χ1) is 27.3. The van der Waals surface area contributed by atoms with E-state index < -0.39 is 0 Å². The Morgan fingerprint density at radius 2 is 1.15 bits per heavy atom. The van der Waals surface area contributed by atoms with E-state index in [2.05, 4.69) is 142 Å². The Bertz CT molecular complexity index is 3700. The fourth-order valence-electron chi connectivity index (χ4n) is 9.31. The van der Waals surface area contributed by atoms with Crippen LogP contribution in [0.2, 0.25) is 0 Å². The zero-order valence-corrected chi connectivity index (χ0v) is 29.4. The maximum Gasteiger partial charge on any atom is 0.180 e. The summed E-state index contributed by atoms with van der Waals surface area (Å²) in [5.74, 6) is 0.665. The van der Waals surface area contributed by atoms with Gasteiger partial charge in [-0.3, -0.25) is 0 Å².